The van der Waals surface area contributed by atoms with Crippen LogP contribution in [-0.2, 0) is 18.0 Å². The van der Waals surface area contributed by atoms with Gasteiger partial charge in [-0.15, -0.1) is 0 Å². The summed E-state index contributed by atoms with van der Waals surface area (Å²) in [5.41, 5.74) is 1.84. The summed E-state index contributed by atoms with van der Waals surface area (Å²) in [5.74, 6) is 0.668. The summed E-state index contributed by atoms with van der Waals surface area (Å²) < 4.78 is 23.5. The Kier molecular flexibility index (Phi) is 8.88. The van der Waals surface area contributed by atoms with Crippen molar-refractivity contribution in [3.05, 3.63) is 92.8 Å². The van der Waals surface area contributed by atoms with Gasteiger partial charge in [-0.1, -0.05) is 12.1 Å². The van der Waals surface area contributed by atoms with Crippen LogP contribution in [0.15, 0.2) is 74.8 Å². The zero-order chi connectivity index (χ0) is 29.8. The fourth-order valence-corrected chi connectivity index (χ4v) is 4.90. The number of rotatable bonds is 11. The molecule has 4 atom stereocenters. The van der Waals surface area contributed by atoms with Crippen molar-refractivity contribution in [1.29, 1.82) is 0 Å². The van der Waals surface area contributed by atoms with Gasteiger partial charge in [-0.3, -0.25) is 4.57 Å². The summed E-state index contributed by atoms with van der Waals surface area (Å²) >= 11 is 0. The highest BCUT2D eigenvalue weighted by Crippen LogP contribution is 2.28. The topological polar surface area (TPSA) is 157 Å². The van der Waals surface area contributed by atoms with Crippen LogP contribution >= 0.6 is 0 Å². The fourth-order valence-electron chi connectivity index (χ4n) is 4.90. The monoisotopic (exact) mass is 579 g/mol. The molecule has 0 amide bonds. The third kappa shape index (κ3) is 6.16. The molecule has 0 aliphatic carbocycles. The van der Waals surface area contributed by atoms with Crippen molar-refractivity contribution in [2.24, 2.45) is 0 Å². The van der Waals surface area contributed by atoms with Gasteiger partial charge in [0.05, 0.1) is 6.61 Å². The van der Waals surface area contributed by atoms with E-state index in [4.69, 9.17) is 18.6 Å². The first-order valence-corrected chi connectivity index (χ1v) is 13.7. The van der Waals surface area contributed by atoms with Crippen molar-refractivity contribution in [3.63, 3.8) is 0 Å². The van der Waals surface area contributed by atoms with Gasteiger partial charge in [0.25, 0.3) is 0 Å². The highest BCUT2D eigenvalue weighted by Gasteiger charge is 2.43. The number of anilines is 1. The molecule has 3 N–H and O–H groups in total. The first kappa shape index (κ1) is 29.3. The van der Waals surface area contributed by atoms with Crippen molar-refractivity contribution in [2.45, 2.75) is 51.6 Å². The van der Waals surface area contributed by atoms with E-state index in [2.05, 4.69) is 23.7 Å². The minimum atomic E-state index is -1.39. The summed E-state index contributed by atoms with van der Waals surface area (Å²) in [6.45, 7) is 5.64. The van der Waals surface area contributed by atoms with Crippen LogP contribution < -0.4 is 25.7 Å². The van der Waals surface area contributed by atoms with Crippen LogP contribution in [0.2, 0.25) is 0 Å². The molecule has 1 aliphatic rings. The van der Waals surface area contributed by atoms with Gasteiger partial charge in [-0.05, 0) is 43.7 Å². The molecule has 4 aromatic rings. The Morgan fingerprint density at radius 3 is 2.38 bits per heavy atom. The molecule has 4 unspecified atom stereocenters. The normalized spacial score (nSPS) is 20.1. The molecule has 12 nitrogen and oxygen atoms in total. The number of fused-ring (bicyclic) bond motifs is 1. The van der Waals surface area contributed by atoms with Crippen LogP contribution in [0.5, 0.6) is 11.6 Å². The number of benzene rings is 2. The maximum Gasteiger partial charge on any atom is 0.353 e. The lowest BCUT2D eigenvalue weighted by Gasteiger charge is -2.21. The maximum absolute atomic E-state index is 12.5. The number of aliphatic hydroxyl groups excluding tert-OH is 3. The smallest absolute Gasteiger partial charge is 0.353 e. The number of aromatic nitrogens is 2. The molecule has 1 fully saturated rings. The molecule has 0 spiro atoms. The van der Waals surface area contributed by atoms with E-state index < -0.39 is 42.5 Å². The molecule has 0 radical (unpaired) electrons. The Labute approximate surface area is 240 Å². The molecule has 0 saturated carbocycles. The van der Waals surface area contributed by atoms with Gasteiger partial charge in [0.2, 0.25) is 5.88 Å². The van der Waals surface area contributed by atoms with E-state index in [0.717, 1.165) is 39.9 Å². The predicted octanol–water partition coefficient (Wildman–Crippen LogP) is 1.97. The molecule has 2 aromatic carbocycles. The molecule has 1 aliphatic heterocycles. The van der Waals surface area contributed by atoms with E-state index in [9.17, 15) is 24.9 Å². The van der Waals surface area contributed by atoms with E-state index in [1.165, 1.54) is 18.3 Å². The van der Waals surface area contributed by atoms with Gasteiger partial charge in [0.1, 0.15) is 42.9 Å². The fraction of sp³-hybridized carbons (Fsp3) is 0.367. The first-order chi connectivity index (χ1) is 20.3. The lowest BCUT2D eigenvalue weighted by molar-refractivity contribution is -0.0551. The molecule has 222 valence electrons. The van der Waals surface area contributed by atoms with Gasteiger partial charge >= 0.3 is 11.3 Å². The van der Waals surface area contributed by atoms with E-state index in [0.29, 0.717) is 11.3 Å². The zero-order valence-electron chi connectivity index (χ0n) is 23.3. The average molecular weight is 580 g/mol. The molecule has 3 heterocycles. The largest absolute Gasteiger partial charge is 0.489 e. The third-order valence-electron chi connectivity index (χ3n) is 7.24. The molecule has 2 aromatic heterocycles. The average Bonchev–Trinajstić information content (AvgIpc) is 3.28. The lowest BCUT2D eigenvalue weighted by Crippen LogP contribution is -2.35. The summed E-state index contributed by atoms with van der Waals surface area (Å²) in [5, 5.41) is 30.1. The molecule has 42 heavy (non-hydrogen) atoms. The van der Waals surface area contributed by atoms with Crippen molar-refractivity contribution >= 4 is 16.7 Å². The predicted molar refractivity (Wildman–Crippen MR) is 153 cm³/mol. The van der Waals surface area contributed by atoms with Crippen molar-refractivity contribution < 1.29 is 33.9 Å². The van der Waals surface area contributed by atoms with Gasteiger partial charge < -0.3 is 38.8 Å². The van der Waals surface area contributed by atoms with Gasteiger partial charge in [-0.2, -0.15) is 4.98 Å². The second-order valence-corrected chi connectivity index (χ2v) is 9.85. The zero-order valence-corrected chi connectivity index (χ0v) is 23.3. The lowest BCUT2D eigenvalue weighted by atomic mass is 10.1. The van der Waals surface area contributed by atoms with Crippen molar-refractivity contribution in [2.75, 3.05) is 24.6 Å². The van der Waals surface area contributed by atoms with Gasteiger partial charge in [0, 0.05) is 54.1 Å². The quantitative estimate of drug-likeness (QED) is 0.223. The van der Waals surface area contributed by atoms with Gasteiger partial charge in [0.15, 0.2) is 6.23 Å². The van der Waals surface area contributed by atoms with Crippen LogP contribution in [0.25, 0.3) is 11.0 Å². The maximum atomic E-state index is 12.5. The molecule has 0 bridgehead atoms. The molecule has 12 heteroatoms. The second kappa shape index (κ2) is 12.7. The van der Waals surface area contributed by atoms with E-state index >= 15 is 0 Å². The standard InChI is InChI=1S/C30H33N3O9/c1-3-32(4-2)20-7-10-22-19(13-26(35)41-23(22)14-20)17-39-21-8-5-18(6-9-21)16-40-25-11-12-33(30(38)31-25)29-28(37)27(36)24(15-34)42-29/h5-14,24,27-29,34,36-37H,3-4,15-17H2,1-2H3. The molecule has 1 saturated heterocycles. The van der Waals surface area contributed by atoms with E-state index in [-0.39, 0.29) is 19.1 Å². The number of nitrogens with zero attached hydrogens (tertiary/aromatic N) is 3. The Balaban J connectivity index is 1.20. The van der Waals surface area contributed by atoms with Crippen molar-refractivity contribution in [3.8, 4) is 11.6 Å². The van der Waals surface area contributed by atoms with Crippen molar-refractivity contribution in [1.82, 2.24) is 9.55 Å². The minimum Gasteiger partial charge on any atom is -0.489 e. The highest BCUT2D eigenvalue weighted by molar-refractivity contribution is 5.83. The molecular formula is C30H33N3O9. The second-order valence-electron chi connectivity index (χ2n) is 9.85. The summed E-state index contributed by atoms with van der Waals surface area (Å²) in [7, 11) is 0. The molecular weight excluding hydrogens is 546 g/mol. The third-order valence-corrected chi connectivity index (χ3v) is 7.24. The van der Waals surface area contributed by atoms with Crippen LogP contribution in [0, 0.1) is 0 Å². The number of hydrogen-bond donors (Lipinski definition) is 3. The summed E-state index contributed by atoms with van der Waals surface area (Å²) in [6, 6.07) is 15.9. The number of hydrogen-bond acceptors (Lipinski definition) is 11. The van der Waals surface area contributed by atoms with E-state index in [1.807, 2.05) is 30.3 Å². The highest BCUT2D eigenvalue weighted by atomic mass is 16.6. The Bertz CT molecular complexity index is 1630. The van der Waals surface area contributed by atoms with Crippen LogP contribution in [0.4, 0.5) is 5.69 Å². The Morgan fingerprint density at radius 1 is 0.952 bits per heavy atom. The Morgan fingerprint density at radius 2 is 1.71 bits per heavy atom. The van der Waals surface area contributed by atoms with Crippen LogP contribution in [-0.4, -0.2) is 62.9 Å². The van der Waals surface area contributed by atoms with Crippen LogP contribution in [0.1, 0.15) is 31.2 Å². The number of ether oxygens (including phenoxy) is 3. The van der Waals surface area contributed by atoms with Gasteiger partial charge in [-0.25, -0.2) is 9.59 Å². The summed E-state index contributed by atoms with van der Waals surface area (Å²) in [4.78, 5) is 30.7. The van der Waals surface area contributed by atoms with Crippen LogP contribution in [0.3, 0.4) is 0 Å². The van der Waals surface area contributed by atoms with E-state index in [1.54, 1.807) is 12.1 Å². The minimum absolute atomic E-state index is 0.0715. The molecule has 5 rings (SSSR count). The first-order valence-electron chi connectivity index (χ1n) is 13.7. The summed E-state index contributed by atoms with van der Waals surface area (Å²) in [6.07, 6.45) is -3.55. The SMILES string of the molecule is CCN(CC)c1ccc2c(COc3ccc(COc4ccn(C5OC(CO)C(O)C5O)c(=O)n4)cc3)cc(=O)oc2c1. The number of aliphatic hydroxyl groups is 3. The Hall–Kier alpha value is -4.23.